The van der Waals surface area contributed by atoms with Crippen molar-refractivity contribution in [2.24, 2.45) is 0 Å². The lowest BCUT2D eigenvalue weighted by Gasteiger charge is -1.97. The highest BCUT2D eigenvalue weighted by molar-refractivity contribution is 5.83. The molecule has 1 heterocycles. The third kappa shape index (κ3) is 3.29. The Bertz CT molecular complexity index is 860. The van der Waals surface area contributed by atoms with Crippen LogP contribution in [0.15, 0.2) is 54.7 Å². The summed E-state index contributed by atoms with van der Waals surface area (Å²) in [5, 5.41) is 1.09. The SMILES string of the molecule is C#Cc1c(F)cccc1F.C#Cc1cccc2cccnc12. The van der Waals surface area contributed by atoms with Gasteiger partial charge in [0.25, 0.3) is 0 Å². The smallest absolute Gasteiger partial charge is 0.141 e. The topological polar surface area (TPSA) is 12.9 Å². The van der Waals surface area contributed by atoms with E-state index in [-0.39, 0.29) is 5.56 Å². The maximum atomic E-state index is 12.5. The Hall–Kier alpha value is -3.17. The van der Waals surface area contributed by atoms with Crippen LogP contribution in [0.4, 0.5) is 8.78 Å². The molecule has 0 atom stereocenters. The van der Waals surface area contributed by atoms with Gasteiger partial charge in [0.05, 0.1) is 16.6 Å². The van der Waals surface area contributed by atoms with E-state index in [0.29, 0.717) is 0 Å². The quantitative estimate of drug-likeness (QED) is 0.567. The molecule has 0 radical (unpaired) electrons. The van der Waals surface area contributed by atoms with E-state index in [1.807, 2.05) is 36.3 Å². The van der Waals surface area contributed by atoms with Crippen molar-refractivity contribution in [1.29, 1.82) is 0 Å². The van der Waals surface area contributed by atoms with Gasteiger partial charge in [0, 0.05) is 11.6 Å². The summed E-state index contributed by atoms with van der Waals surface area (Å²) < 4.78 is 24.9. The van der Waals surface area contributed by atoms with Crippen molar-refractivity contribution in [3.05, 3.63) is 77.5 Å². The first-order valence-electron chi connectivity index (χ1n) is 6.38. The summed E-state index contributed by atoms with van der Waals surface area (Å²) in [7, 11) is 0. The van der Waals surface area contributed by atoms with Crippen molar-refractivity contribution in [2.45, 2.75) is 0 Å². The standard InChI is InChI=1S/C11H7N.C8H4F2/c1-2-9-5-3-6-10-7-4-8-12-11(9)10;1-2-6-7(9)4-3-5-8(6)10/h1,3-8H;1,3-5H. The van der Waals surface area contributed by atoms with E-state index < -0.39 is 11.6 Å². The molecule has 0 spiro atoms. The highest BCUT2D eigenvalue weighted by Gasteiger charge is 2.02. The molecule has 0 aliphatic heterocycles. The fraction of sp³-hybridized carbons (Fsp3) is 0. The molecule has 3 rings (SSSR count). The van der Waals surface area contributed by atoms with Crippen LogP contribution in [0.5, 0.6) is 0 Å². The van der Waals surface area contributed by atoms with Gasteiger partial charge in [-0.1, -0.05) is 36.1 Å². The second-order valence-electron chi connectivity index (χ2n) is 4.27. The molecule has 0 saturated carbocycles. The number of rotatable bonds is 0. The molecular formula is C19H11F2N. The first kappa shape index (κ1) is 15.2. The summed E-state index contributed by atoms with van der Waals surface area (Å²) >= 11 is 0. The highest BCUT2D eigenvalue weighted by Crippen LogP contribution is 2.14. The van der Waals surface area contributed by atoms with Crippen molar-refractivity contribution in [3.63, 3.8) is 0 Å². The number of halogens is 2. The molecule has 0 N–H and O–H groups in total. The average molecular weight is 291 g/mol. The first-order valence-corrected chi connectivity index (χ1v) is 6.38. The second-order valence-corrected chi connectivity index (χ2v) is 4.27. The van der Waals surface area contributed by atoms with Crippen LogP contribution < -0.4 is 0 Å². The van der Waals surface area contributed by atoms with Crippen LogP contribution in [0, 0.1) is 36.3 Å². The summed E-state index contributed by atoms with van der Waals surface area (Å²) in [6.07, 6.45) is 11.9. The third-order valence-electron chi connectivity index (χ3n) is 2.90. The van der Waals surface area contributed by atoms with E-state index in [9.17, 15) is 8.78 Å². The van der Waals surface area contributed by atoms with Gasteiger partial charge in [-0.2, -0.15) is 0 Å². The molecule has 3 heteroatoms. The Morgan fingerprint density at radius 3 is 2.05 bits per heavy atom. The number of hydrogen-bond acceptors (Lipinski definition) is 1. The highest BCUT2D eigenvalue weighted by atomic mass is 19.1. The van der Waals surface area contributed by atoms with Crippen molar-refractivity contribution in [1.82, 2.24) is 4.98 Å². The monoisotopic (exact) mass is 291 g/mol. The predicted octanol–water partition coefficient (Wildman–Crippen LogP) is 4.16. The number of hydrogen-bond donors (Lipinski definition) is 0. The van der Waals surface area contributed by atoms with Crippen LogP contribution in [0.3, 0.4) is 0 Å². The van der Waals surface area contributed by atoms with Crippen molar-refractivity contribution >= 4 is 10.9 Å². The van der Waals surface area contributed by atoms with Crippen LogP contribution in [0.25, 0.3) is 10.9 Å². The maximum Gasteiger partial charge on any atom is 0.141 e. The molecule has 0 amide bonds. The van der Waals surface area contributed by atoms with Crippen LogP contribution in [-0.4, -0.2) is 4.98 Å². The van der Waals surface area contributed by atoms with Gasteiger partial charge in [0.2, 0.25) is 0 Å². The molecule has 1 aromatic heterocycles. The van der Waals surface area contributed by atoms with E-state index in [4.69, 9.17) is 12.8 Å². The number of para-hydroxylation sites is 1. The van der Waals surface area contributed by atoms with E-state index in [1.54, 1.807) is 6.20 Å². The summed E-state index contributed by atoms with van der Waals surface area (Å²) in [6, 6.07) is 13.3. The molecule has 106 valence electrons. The van der Waals surface area contributed by atoms with Gasteiger partial charge in [0.15, 0.2) is 0 Å². The summed E-state index contributed by atoms with van der Waals surface area (Å²) in [5.74, 6) is 3.14. The molecular weight excluding hydrogens is 280 g/mol. The van der Waals surface area contributed by atoms with Crippen molar-refractivity contribution in [3.8, 4) is 24.7 Å². The van der Waals surface area contributed by atoms with E-state index >= 15 is 0 Å². The van der Waals surface area contributed by atoms with Crippen LogP contribution in [0.2, 0.25) is 0 Å². The molecule has 0 aliphatic carbocycles. The van der Waals surface area contributed by atoms with Gasteiger partial charge in [-0.05, 0) is 24.3 Å². The zero-order valence-corrected chi connectivity index (χ0v) is 11.6. The molecule has 2 aromatic carbocycles. The van der Waals surface area contributed by atoms with Gasteiger partial charge in [0.1, 0.15) is 11.6 Å². The Morgan fingerprint density at radius 1 is 0.818 bits per heavy atom. The number of benzene rings is 2. The zero-order valence-electron chi connectivity index (χ0n) is 11.6. The Morgan fingerprint density at radius 2 is 1.45 bits per heavy atom. The first-order chi connectivity index (χ1) is 10.7. The Balaban J connectivity index is 0.000000164. The molecule has 1 nitrogen and oxygen atoms in total. The predicted molar refractivity (Wildman–Crippen MR) is 84.0 cm³/mol. The number of terminal acetylenes is 2. The molecule has 0 unspecified atom stereocenters. The van der Waals surface area contributed by atoms with Gasteiger partial charge in [-0.15, -0.1) is 12.8 Å². The van der Waals surface area contributed by atoms with E-state index in [2.05, 4.69) is 10.9 Å². The van der Waals surface area contributed by atoms with E-state index in [0.717, 1.165) is 28.6 Å². The molecule has 0 saturated heterocycles. The molecule has 0 aliphatic rings. The van der Waals surface area contributed by atoms with E-state index in [1.165, 1.54) is 6.07 Å². The third-order valence-corrected chi connectivity index (χ3v) is 2.90. The van der Waals surface area contributed by atoms with Gasteiger partial charge in [-0.3, -0.25) is 4.98 Å². The lowest BCUT2D eigenvalue weighted by molar-refractivity contribution is 0.577. The molecule has 3 aromatic rings. The lowest BCUT2D eigenvalue weighted by atomic mass is 10.1. The van der Waals surface area contributed by atoms with Gasteiger partial charge >= 0.3 is 0 Å². The minimum absolute atomic E-state index is 0.303. The second kappa shape index (κ2) is 7.02. The van der Waals surface area contributed by atoms with Crippen molar-refractivity contribution in [2.75, 3.05) is 0 Å². The minimum Gasteiger partial charge on any atom is -0.255 e. The van der Waals surface area contributed by atoms with Crippen LogP contribution in [0.1, 0.15) is 11.1 Å². The number of pyridine rings is 1. The zero-order chi connectivity index (χ0) is 15.9. The largest absolute Gasteiger partial charge is 0.255 e. The Labute approximate surface area is 127 Å². The molecule has 22 heavy (non-hydrogen) atoms. The normalized spacial score (nSPS) is 9.27. The fourth-order valence-corrected chi connectivity index (χ4v) is 1.86. The minimum atomic E-state index is -0.692. The number of nitrogens with zero attached hydrogens (tertiary/aromatic N) is 1. The Kier molecular flexibility index (Phi) is 4.85. The summed E-state index contributed by atoms with van der Waals surface area (Å²) in [4.78, 5) is 4.21. The average Bonchev–Trinajstić information content (AvgIpc) is 2.55. The maximum absolute atomic E-state index is 12.5. The van der Waals surface area contributed by atoms with Gasteiger partial charge in [-0.25, -0.2) is 8.78 Å². The van der Waals surface area contributed by atoms with Crippen molar-refractivity contribution < 1.29 is 8.78 Å². The number of aromatic nitrogens is 1. The summed E-state index contributed by atoms with van der Waals surface area (Å²) in [5.41, 5.74) is 1.46. The van der Waals surface area contributed by atoms with Gasteiger partial charge < -0.3 is 0 Å². The molecule has 0 bridgehead atoms. The molecule has 0 fully saturated rings. The lowest BCUT2D eigenvalue weighted by Crippen LogP contribution is -1.87. The van der Waals surface area contributed by atoms with Crippen LogP contribution >= 0.6 is 0 Å². The summed E-state index contributed by atoms with van der Waals surface area (Å²) in [6.45, 7) is 0. The fourth-order valence-electron chi connectivity index (χ4n) is 1.86. The number of fused-ring (bicyclic) bond motifs is 1. The van der Waals surface area contributed by atoms with Crippen LogP contribution in [-0.2, 0) is 0 Å².